The van der Waals surface area contributed by atoms with Gasteiger partial charge in [-0.05, 0) is 37.1 Å². The number of anilines is 2. The molecule has 2 aromatic rings. The van der Waals surface area contributed by atoms with E-state index in [4.69, 9.17) is 21.1 Å². The minimum absolute atomic E-state index is 0.0137. The Morgan fingerprint density at radius 2 is 1.57 bits per heavy atom. The van der Waals surface area contributed by atoms with Crippen LogP contribution >= 0.6 is 11.6 Å². The summed E-state index contributed by atoms with van der Waals surface area (Å²) in [6, 6.07) is 9.88. The summed E-state index contributed by atoms with van der Waals surface area (Å²) in [6.07, 6.45) is 1.57. The van der Waals surface area contributed by atoms with Crippen LogP contribution in [0.15, 0.2) is 36.4 Å². The Morgan fingerprint density at radius 3 is 2.11 bits per heavy atom. The van der Waals surface area contributed by atoms with Crippen molar-refractivity contribution in [1.29, 1.82) is 0 Å². The number of carbonyl (C=O) groups is 2. The Hall–Kier alpha value is -2.73. The number of halogens is 1. The monoisotopic (exact) mass is 404 g/mol. The van der Waals surface area contributed by atoms with Gasteiger partial charge in [-0.15, -0.1) is 0 Å². The molecule has 0 unspecified atom stereocenters. The zero-order chi connectivity index (χ0) is 20.7. The number of benzene rings is 2. The number of ether oxygens (including phenoxy) is 2. The summed E-state index contributed by atoms with van der Waals surface area (Å²) in [5.74, 6) is 0.501. The van der Waals surface area contributed by atoms with Crippen LogP contribution in [-0.2, 0) is 4.79 Å². The summed E-state index contributed by atoms with van der Waals surface area (Å²) in [5, 5.41) is 6.05. The van der Waals surface area contributed by atoms with Crippen LogP contribution in [0.25, 0.3) is 0 Å². The quantitative estimate of drug-likeness (QED) is 0.650. The molecule has 0 fully saturated rings. The van der Waals surface area contributed by atoms with Crippen LogP contribution in [0.5, 0.6) is 11.5 Å². The summed E-state index contributed by atoms with van der Waals surface area (Å²) >= 11 is 6.08. The molecule has 6 nitrogen and oxygen atoms in total. The maximum Gasteiger partial charge on any atom is 0.255 e. The number of carbonyl (C=O) groups excluding carboxylic acids is 2. The van der Waals surface area contributed by atoms with E-state index in [2.05, 4.69) is 10.6 Å². The highest BCUT2D eigenvalue weighted by Gasteiger charge is 2.16. The molecule has 28 heavy (non-hydrogen) atoms. The minimum Gasteiger partial charge on any atom is -0.495 e. The highest BCUT2D eigenvalue weighted by molar-refractivity contribution is 6.32. The number of hydrogen-bond acceptors (Lipinski definition) is 4. The van der Waals surface area contributed by atoms with Gasteiger partial charge in [-0.1, -0.05) is 25.4 Å². The van der Waals surface area contributed by atoms with Gasteiger partial charge in [-0.2, -0.15) is 0 Å². The third-order valence-corrected chi connectivity index (χ3v) is 4.79. The minimum atomic E-state index is -0.319. The molecule has 0 bridgehead atoms. The zero-order valence-electron chi connectivity index (χ0n) is 16.5. The lowest BCUT2D eigenvalue weighted by molar-refractivity contribution is -0.120. The topological polar surface area (TPSA) is 76.7 Å². The molecule has 2 aromatic carbocycles. The number of amides is 2. The lowest BCUT2D eigenvalue weighted by Crippen LogP contribution is -2.21. The van der Waals surface area contributed by atoms with E-state index in [0.29, 0.717) is 33.5 Å². The maximum atomic E-state index is 12.6. The standard InChI is InChI=1S/C21H25ClN2O4/c1-5-13(6-2)20(25)23-15-9-7-14(8-10-15)21(26)24-17-12-18(27-3)16(22)11-19(17)28-4/h7-13H,5-6H2,1-4H3,(H,23,25)(H,24,26). The van der Waals surface area contributed by atoms with Gasteiger partial charge in [-0.3, -0.25) is 9.59 Å². The van der Waals surface area contributed by atoms with Gasteiger partial charge >= 0.3 is 0 Å². The van der Waals surface area contributed by atoms with Crippen molar-refractivity contribution in [1.82, 2.24) is 0 Å². The summed E-state index contributed by atoms with van der Waals surface area (Å²) in [7, 11) is 2.99. The fourth-order valence-corrected chi connectivity index (χ4v) is 2.99. The van der Waals surface area contributed by atoms with E-state index >= 15 is 0 Å². The Labute approximate surface area is 170 Å². The second-order valence-electron chi connectivity index (χ2n) is 6.22. The molecule has 0 radical (unpaired) electrons. The molecule has 0 atom stereocenters. The molecule has 0 aliphatic rings. The number of hydrogen-bond donors (Lipinski definition) is 2. The predicted molar refractivity (Wildman–Crippen MR) is 112 cm³/mol. The maximum absolute atomic E-state index is 12.6. The molecule has 150 valence electrons. The van der Waals surface area contributed by atoms with Gasteiger partial charge in [0.15, 0.2) is 0 Å². The van der Waals surface area contributed by atoms with Gasteiger partial charge < -0.3 is 20.1 Å². The Morgan fingerprint density at radius 1 is 0.964 bits per heavy atom. The summed E-state index contributed by atoms with van der Waals surface area (Å²) in [5.41, 5.74) is 1.54. The van der Waals surface area contributed by atoms with Crippen molar-refractivity contribution in [2.75, 3.05) is 24.9 Å². The van der Waals surface area contributed by atoms with Crippen molar-refractivity contribution in [3.8, 4) is 11.5 Å². The lowest BCUT2D eigenvalue weighted by Gasteiger charge is -2.14. The highest BCUT2D eigenvalue weighted by atomic mass is 35.5. The third-order valence-electron chi connectivity index (χ3n) is 4.49. The molecule has 0 aromatic heterocycles. The average Bonchev–Trinajstić information content (AvgIpc) is 2.70. The van der Waals surface area contributed by atoms with Crippen molar-refractivity contribution >= 4 is 34.8 Å². The van der Waals surface area contributed by atoms with Crippen LogP contribution in [0, 0.1) is 5.92 Å². The molecule has 0 aliphatic heterocycles. The van der Waals surface area contributed by atoms with Gasteiger partial charge in [0.25, 0.3) is 5.91 Å². The fraction of sp³-hybridized carbons (Fsp3) is 0.333. The molecule has 0 spiro atoms. The smallest absolute Gasteiger partial charge is 0.255 e. The first-order valence-electron chi connectivity index (χ1n) is 9.07. The summed E-state index contributed by atoms with van der Waals surface area (Å²) in [4.78, 5) is 24.7. The predicted octanol–water partition coefficient (Wildman–Crippen LogP) is 4.98. The van der Waals surface area contributed by atoms with E-state index in [1.54, 1.807) is 36.4 Å². The first kappa shape index (κ1) is 21.6. The molecule has 0 aliphatic carbocycles. The van der Waals surface area contributed by atoms with E-state index in [0.717, 1.165) is 12.8 Å². The lowest BCUT2D eigenvalue weighted by atomic mass is 10.0. The van der Waals surface area contributed by atoms with Crippen LogP contribution in [0.3, 0.4) is 0 Å². The van der Waals surface area contributed by atoms with Gasteiger partial charge in [0.2, 0.25) is 5.91 Å². The molecule has 0 saturated heterocycles. The van der Waals surface area contributed by atoms with E-state index in [-0.39, 0.29) is 17.7 Å². The molecular weight excluding hydrogens is 380 g/mol. The van der Waals surface area contributed by atoms with Gasteiger partial charge in [0.1, 0.15) is 11.5 Å². The van der Waals surface area contributed by atoms with E-state index in [1.165, 1.54) is 14.2 Å². The number of methoxy groups -OCH3 is 2. The molecule has 0 heterocycles. The zero-order valence-corrected chi connectivity index (χ0v) is 17.2. The molecule has 0 saturated carbocycles. The van der Waals surface area contributed by atoms with Crippen LogP contribution in [0.4, 0.5) is 11.4 Å². The second kappa shape index (κ2) is 9.99. The van der Waals surface area contributed by atoms with Gasteiger partial charge in [0, 0.05) is 29.3 Å². The molecule has 2 rings (SSSR count). The van der Waals surface area contributed by atoms with Crippen LogP contribution in [-0.4, -0.2) is 26.0 Å². The van der Waals surface area contributed by atoms with Crippen LogP contribution in [0.2, 0.25) is 5.02 Å². The normalized spacial score (nSPS) is 10.5. The Kier molecular flexibility index (Phi) is 7.70. The van der Waals surface area contributed by atoms with E-state index in [1.807, 2.05) is 13.8 Å². The van der Waals surface area contributed by atoms with Crippen molar-refractivity contribution in [3.05, 3.63) is 47.0 Å². The van der Waals surface area contributed by atoms with Crippen LogP contribution in [0.1, 0.15) is 37.0 Å². The second-order valence-corrected chi connectivity index (χ2v) is 6.63. The number of nitrogens with one attached hydrogen (secondary N) is 2. The molecular formula is C21H25ClN2O4. The van der Waals surface area contributed by atoms with Crippen molar-refractivity contribution in [3.63, 3.8) is 0 Å². The van der Waals surface area contributed by atoms with Crippen molar-refractivity contribution < 1.29 is 19.1 Å². The third kappa shape index (κ3) is 5.16. The summed E-state index contributed by atoms with van der Waals surface area (Å²) in [6.45, 7) is 3.97. The Balaban J connectivity index is 2.12. The van der Waals surface area contributed by atoms with Crippen molar-refractivity contribution in [2.45, 2.75) is 26.7 Å². The number of rotatable bonds is 8. The van der Waals surface area contributed by atoms with Crippen molar-refractivity contribution in [2.24, 2.45) is 5.92 Å². The van der Waals surface area contributed by atoms with Gasteiger partial charge in [0.05, 0.1) is 24.9 Å². The van der Waals surface area contributed by atoms with E-state index < -0.39 is 0 Å². The molecule has 2 amide bonds. The van der Waals surface area contributed by atoms with Gasteiger partial charge in [-0.25, -0.2) is 0 Å². The Bertz CT molecular complexity index is 833. The highest BCUT2D eigenvalue weighted by Crippen LogP contribution is 2.36. The van der Waals surface area contributed by atoms with Crippen LogP contribution < -0.4 is 20.1 Å². The molecule has 7 heteroatoms. The fourth-order valence-electron chi connectivity index (χ4n) is 2.76. The molecule has 2 N–H and O–H groups in total. The first-order chi connectivity index (χ1) is 13.4. The average molecular weight is 405 g/mol. The first-order valence-corrected chi connectivity index (χ1v) is 9.45. The summed E-state index contributed by atoms with van der Waals surface area (Å²) < 4.78 is 10.5. The van der Waals surface area contributed by atoms with E-state index in [9.17, 15) is 9.59 Å². The largest absolute Gasteiger partial charge is 0.495 e. The SMILES string of the molecule is CCC(CC)C(=O)Nc1ccc(C(=O)Nc2cc(OC)c(Cl)cc2OC)cc1.